The lowest BCUT2D eigenvalue weighted by atomic mass is 9.76. The van der Waals surface area contributed by atoms with Gasteiger partial charge < -0.3 is 99.0 Å². The molecule has 25 atom stereocenters. The van der Waals surface area contributed by atoms with Crippen molar-refractivity contribution in [1.82, 2.24) is 0 Å². The number of rotatable bonds is 52. The van der Waals surface area contributed by atoms with Crippen LogP contribution >= 0.6 is 0 Å². The van der Waals surface area contributed by atoms with Crippen LogP contribution in [0.4, 0.5) is 0 Å². The van der Waals surface area contributed by atoms with Crippen molar-refractivity contribution in [3.05, 3.63) is 58.7 Å². The number of ether oxygens (including phenoxy) is 13. The van der Waals surface area contributed by atoms with Crippen molar-refractivity contribution >= 4 is 47.6 Å². The summed E-state index contributed by atoms with van der Waals surface area (Å²) in [6.45, 7) is 59.8. The molecule has 119 heavy (non-hydrogen) atoms. The van der Waals surface area contributed by atoms with Gasteiger partial charge in [-0.05, 0) is 165 Å². The minimum atomic E-state index is -2.38. The van der Waals surface area contributed by atoms with Crippen LogP contribution in [-0.4, -0.2) is 246 Å². The summed E-state index contributed by atoms with van der Waals surface area (Å²) < 4.78 is 123. The van der Waals surface area contributed by atoms with E-state index < -0.39 is 169 Å². The molecule has 0 bridgehead atoms. The second-order valence-electron chi connectivity index (χ2n) is 36.7. The highest BCUT2D eigenvalue weighted by molar-refractivity contribution is 6.75. The molecular formula is C91H171NO22Si5. The van der Waals surface area contributed by atoms with Crippen molar-refractivity contribution in [3.8, 4) is 6.07 Å². The van der Waals surface area contributed by atoms with Crippen molar-refractivity contribution < 1.29 is 104 Å². The average molecular weight is 1770 g/mol. The summed E-state index contributed by atoms with van der Waals surface area (Å²) in [5, 5.41) is 46.7. The standard InChI is InChI=1S/C91H171NO22Si5/c1-34-116(35-2,36-3)111-80-66(18)75(56-71(60-97-27)106-79-59-90(26,114-119(43-10,44-11)45-12)86(70(22)104-79)108-78-58-77(99-29)81(68(20)103-78)110-115(32,33)89(23,24)25)109-91(101-31,67(80)19)85(95)73(94)57-76(98-28)72(93)48-46-47-61(13)49-50-74(64(16)54-62(14)53-63(15)55-65(17)87(96)102-52-51-92)107-88-84(113-118(40-7,41-8)42-9)83(82(100-30)69(21)105-88)112-117(37-4,38-5)39-6/h47,49-50,53-55,64,66-86,88,93-95H,34-46,48,52,56-60H2,1-33H3/b50-49+,61-47+,62-54+,63-53+,65-55+/t64-,66+,67-,68-,69+,70+,71-,72+,73+,74-,75-,76+,77-,78+,79+,80+,81-,82+,83-,84+,85-,86+,88-,90+,91-/m1/s1. The molecule has 4 aliphatic rings. The van der Waals surface area contributed by atoms with Gasteiger partial charge >= 0.3 is 5.97 Å². The Labute approximate surface area is 727 Å². The van der Waals surface area contributed by atoms with E-state index >= 15 is 0 Å². The summed E-state index contributed by atoms with van der Waals surface area (Å²) in [5.74, 6) is -3.45. The van der Waals surface area contributed by atoms with Gasteiger partial charge in [-0.2, -0.15) is 5.26 Å². The van der Waals surface area contributed by atoms with E-state index in [4.69, 9.17) is 89.0 Å². The maximum Gasteiger partial charge on any atom is 0.334 e. The van der Waals surface area contributed by atoms with Crippen LogP contribution in [0.1, 0.15) is 219 Å². The van der Waals surface area contributed by atoms with Crippen LogP contribution in [-0.2, 0) is 88.5 Å². The highest BCUT2D eigenvalue weighted by atomic mass is 28.4. The second-order valence-corrected chi connectivity index (χ2v) is 60.3. The van der Waals surface area contributed by atoms with Gasteiger partial charge in [0.1, 0.15) is 36.6 Å². The molecule has 4 rings (SSSR count). The van der Waals surface area contributed by atoms with Crippen LogP contribution in [0.5, 0.6) is 0 Å². The van der Waals surface area contributed by atoms with Gasteiger partial charge in [-0.3, -0.25) is 0 Å². The molecule has 4 fully saturated rings. The van der Waals surface area contributed by atoms with Gasteiger partial charge in [0.2, 0.25) is 5.79 Å². The molecular weight excluding hydrogens is 1600 g/mol. The number of hydrogen-bond acceptors (Lipinski definition) is 23. The molecule has 0 spiro atoms. The summed E-state index contributed by atoms with van der Waals surface area (Å²) in [5.41, 5.74) is 2.17. The number of carbonyl (C=O) groups excluding carboxylic acids is 1. The Morgan fingerprint density at radius 3 is 1.68 bits per heavy atom. The summed E-state index contributed by atoms with van der Waals surface area (Å²) in [6.07, 6.45) is 0.299. The molecule has 4 heterocycles. The summed E-state index contributed by atoms with van der Waals surface area (Å²) in [7, 11) is -3.39. The number of hydrogen-bond donors (Lipinski definition) is 3. The molecule has 23 nitrogen and oxygen atoms in total. The number of methoxy groups -OCH3 is 5. The summed E-state index contributed by atoms with van der Waals surface area (Å²) >= 11 is 0. The van der Waals surface area contributed by atoms with Gasteiger partial charge in [0.05, 0.1) is 85.5 Å². The molecule has 692 valence electrons. The molecule has 0 aromatic carbocycles. The van der Waals surface area contributed by atoms with Gasteiger partial charge in [0.25, 0.3) is 0 Å². The topological polar surface area (TPSA) is 268 Å². The first-order chi connectivity index (χ1) is 55.9. The van der Waals surface area contributed by atoms with Crippen LogP contribution in [0.2, 0.25) is 90.7 Å². The fraction of sp³-hybridized carbons (Fsp3) is 0.868. The Bertz CT molecular complexity index is 3140. The first-order valence-corrected chi connectivity index (χ1v) is 58.6. The van der Waals surface area contributed by atoms with Crippen molar-refractivity contribution in [1.29, 1.82) is 5.26 Å². The number of aliphatic hydroxyl groups is 3. The third kappa shape index (κ3) is 29.0. The first kappa shape index (κ1) is 109. The summed E-state index contributed by atoms with van der Waals surface area (Å²) in [6, 6.07) is 12.8. The monoisotopic (exact) mass is 1770 g/mol. The van der Waals surface area contributed by atoms with Crippen molar-refractivity contribution in [2.75, 3.05) is 48.8 Å². The molecule has 0 aliphatic carbocycles. The Hall–Kier alpha value is -2.06. The smallest absolute Gasteiger partial charge is 0.334 e. The Balaban J connectivity index is 1.72. The van der Waals surface area contributed by atoms with E-state index in [2.05, 4.69) is 156 Å². The fourth-order valence-electron chi connectivity index (χ4n) is 18.3. The third-order valence-electron chi connectivity index (χ3n) is 28.1. The normalized spacial score (nSPS) is 30.9. The maximum atomic E-state index is 13.0. The zero-order chi connectivity index (χ0) is 90.0. The molecule has 0 aromatic heterocycles. The molecule has 0 radical (unpaired) electrons. The van der Waals surface area contributed by atoms with Gasteiger partial charge in [-0.1, -0.05) is 172 Å². The van der Waals surface area contributed by atoms with E-state index in [0.717, 1.165) is 89.2 Å². The lowest BCUT2D eigenvalue weighted by Gasteiger charge is -2.55. The van der Waals surface area contributed by atoms with Gasteiger partial charge in [-0.25, -0.2) is 4.79 Å². The van der Waals surface area contributed by atoms with Gasteiger partial charge in [0, 0.05) is 84.6 Å². The number of esters is 1. The number of aliphatic hydroxyl groups excluding tert-OH is 3. The van der Waals surface area contributed by atoms with E-state index in [0.29, 0.717) is 24.8 Å². The van der Waals surface area contributed by atoms with Crippen LogP contribution < -0.4 is 0 Å². The molecule has 0 aromatic rings. The van der Waals surface area contributed by atoms with Crippen LogP contribution in [0.25, 0.3) is 0 Å². The predicted octanol–water partition coefficient (Wildman–Crippen LogP) is 18.9. The first-order valence-electron chi connectivity index (χ1n) is 45.6. The highest BCUT2D eigenvalue weighted by Gasteiger charge is 2.61. The lowest BCUT2D eigenvalue weighted by Crippen LogP contribution is -2.68. The Kier molecular flexibility index (Phi) is 46.0. The second kappa shape index (κ2) is 50.1. The number of nitriles is 1. The largest absolute Gasteiger partial charge is 0.447 e. The number of allylic oxidation sites excluding steroid dienone is 7. The minimum Gasteiger partial charge on any atom is -0.447 e. The molecule has 4 aliphatic heterocycles. The zero-order valence-electron chi connectivity index (χ0n) is 80.4. The van der Waals surface area contributed by atoms with E-state index in [1.54, 1.807) is 34.3 Å². The minimum absolute atomic E-state index is 0.00576. The molecule has 3 N–H and O–H groups in total. The summed E-state index contributed by atoms with van der Waals surface area (Å²) in [4.78, 5) is 12.6. The van der Waals surface area contributed by atoms with E-state index in [1.165, 1.54) is 14.2 Å². The van der Waals surface area contributed by atoms with Crippen molar-refractivity contribution in [2.24, 2.45) is 17.8 Å². The average Bonchev–Trinajstić information content (AvgIpc) is 0.707. The van der Waals surface area contributed by atoms with Crippen molar-refractivity contribution in [3.63, 3.8) is 0 Å². The highest BCUT2D eigenvalue weighted by Crippen LogP contribution is 2.49. The number of carbonyl (C=O) groups is 1. The van der Waals surface area contributed by atoms with Crippen LogP contribution in [0.15, 0.2) is 58.7 Å². The lowest BCUT2D eigenvalue weighted by molar-refractivity contribution is -0.372. The van der Waals surface area contributed by atoms with Gasteiger partial charge in [0.15, 0.2) is 67.1 Å². The SMILES string of the molecule is CC[Si](CC)(CC)O[C@H]1[C@H](O[Si](CC)(CC)CC)[C@@H](O[C@H](/C=C/C(C)=C/CC[C@H](O)[C@H](C[C@H](O)[C@@H](O)[C@]2(OC)O[C@H](C[C@H](COC)O[C@H]3C[C@](C)(O[Si](CC)(CC)CC)[C@@H](O[C@H]4C[C@@H](OC)[C@H](O[Si](C)(C)C(C)(C)C)[C@@H](C)O4)[C@H](C)O3)[C@H](C)[C@H](O[Si](CC)(CC)CC)[C@H]2C)OC)[C@H](C)/C=C(C)/C=C(C)/C=C(\C)C(=O)OCC#N)O[C@@H](C)[C@@H]1OC. The zero-order valence-corrected chi connectivity index (χ0v) is 85.4. The van der Waals surface area contributed by atoms with E-state index in [-0.39, 0.29) is 67.7 Å². The van der Waals surface area contributed by atoms with Gasteiger partial charge in [-0.15, -0.1) is 0 Å². The molecule has 0 amide bonds. The molecule has 4 saturated heterocycles. The maximum absolute atomic E-state index is 13.0. The van der Waals surface area contributed by atoms with E-state index in [1.807, 2.05) is 66.7 Å². The Morgan fingerprint density at radius 2 is 1.18 bits per heavy atom. The van der Waals surface area contributed by atoms with Crippen molar-refractivity contribution in [2.45, 2.75) is 443 Å². The fourth-order valence-corrected chi connectivity index (χ4v) is 31.5. The predicted molar refractivity (Wildman–Crippen MR) is 485 cm³/mol. The third-order valence-corrected chi connectivity index (χ3v) is 51.3. The molecule has 0 unspecified atom stereocenters. The molecule has 28 heteroatoms. The Morgan fingerprint density at radius 1 is 0.639 bits per heavy atom. The van der Waals surface area contributed by atoms with Crippen LogP contribution in [0.3, 0.4) is 0 Å². The molecule has 0 saturated carbocycles. The number of nitrogens with zero attached hydrogens (tertiary/aromatic N) is 1. The van der Waals surface area contributed by atoms with E-state index in [9.17, 15) is 20.1 Å². The quantitative estimate of drug-likeness (QED) is 0.0221. The van der Waals surface area contributed by atoms with Crippen LogP contribution in [0, 0.1) is 29.1 Å².